The number of carbonyl (C=O) groups excluding carboxylic acids is 6. The first-order valence-corrected chi connectivity index (χ1v) is 15.7. The van der Waals surface area contributed by atoms with Crippen molar-refractivity contribution in [2.24, 2.45) is 11.8 Å². The third-order valence-electron chi connectivity index (χ3n) is 8.50. The molecule has 0 amide bonds. The van der Waals surface area contributed by atoms with Crippen LogP contribution in [0.15, 0.2) is 36.6 Å². The van der Waals surface area contributed by atoms with E-state index < -0.39 is 109 Å². The number of benzene rings is 1. The standard InChI is InChI=1S/C33H38O17/c1-15(34)42-13-23-26(44-17(3)36)27(45-18(4)37)28(46-19(5)38)32(47-23)49-31-24-22(10-11-41-31)25(29-33(24,50-29)14-43-16(2)35)48-30(39)20-8-7-9-21(12-20)40-6/h7-12,22-29,31-32H,13-14H2,1-6H3. The molecule has 2 saturated heterocycles. The Labute approximate surface area is 286 Å². The van der Waals surface area contributed by atoms with Crippen molar-refractivity contribution in [2.45, 2.75) is 89.4 Å². The maximum atomic E-state index is 13.3. The number of epoxide rings is 1. The Bertz CT molecular complexity index is 1520. The van der Waals surface area contributed by atoms with Crippen molar-refractivity contribution in [3.05, 3.63) is 42.2 Å². The van der Waals surface area contributed by atoms with Gasteiger partial charge in [0.1, 0.15) is 42.9 Å². The van der Waals surface area contributed by atoms with Crippen LogP contribution >= 0.6 is 0 Å². The average Bonchev–Trinajstić information content (AvgIpc) is 3.72. The fourth-order valence-corrected chi connectivity index (χ4v) is 6.54. The number of hydrogen-bond donors (Lipinski definition) is 0. The summed E-state index contributed by atoms with van der Waals surface area (Å²) in [4.78, 5) is 73.7. The first kappa shape index (κ1) is 36.5. The van der Waals surface area contributed by atoms with Crippen molar-refractivity contribution in [2.75, 3.05) is 20.3 Å². The normalized spacial score (nSPS) is 33.3. The summed E-state index contributed by atoms with van der Waals surface area (Å²) in [5.74, 6) is -5.36. The van der Waals surface area contributed by atoms with Gasteiger partial charge in [0.05, 0.1) is 24.9 Å². The van der Waals surface area contributed by atoms with Gasteiger partial charge in [0.15, 0.2) is 18.3 Å². The van der Waals surface area contributed by atoms with Gasteiger partial charge in [0.25, 0.3) is 0 Å². The molecule has 0 N–H and O–H groups in total. The van der Waals surface area contributed by atoms with E-state index in [-0.39, 0.29) is 12.2 Å². The van der Waals surface area contributed by atoms with Crippen molar-refractivity contribution in [3.63, 3.8) is 0 Å². The lowest BCUT2D eigenvalue weighted by atomic mass is 9.85. The number of methoxy groups -OCH3 is 1. The molecule has 1 saturated carbocycles. The molecule has 5 rings (SSSR count). The zero-order chi connectivity index (χ0) is 36.3. The van der Waals surface area contributed by atoms with Crippen LogP contribution in [0.3, 0.4) is 0 Å². The first-order valence-electron chi connectivity index (χ1n) is 15.7. The topological polar surface area (TPSA) is 207 Å². The molecule has 3 heterocycles. The fourth-order valence-electron chi connectivity index (χ4n) is 6.54. The molecule has 0 spiro atoms. The summed E-state index contributed by atoms with van der Waals surface area (Å²) in [6, 6.07) is 6.39. The molecule has 0 bridgehead atoms. The van der Waals surface area contributed by atoms with Crippen LogP contribution in [0.25, 0.3) is 0 Å². The van der Waals surface area contributed by atoms with E-state index in [0.29, 0.717) is 5.75 Å². The molecule has 4 aliphatic rings. The Balaban J connectivity index is 1.47. The molecule has 17 heteroatoms. The molecular weight excluding hydrogens is 668 g/mol. The van der Waals surface area contributed by atoms with Crippen LogP contribution in [-0.4, -0.2) is 111 Å². The molecule has 1 aliphatic carbocycles. The van der Waals surface area contributed by atoms with Crippen molar-refractivity contribution < 1.29 is 80.9 Å². The Morgan fingerprint density at radius 1 is 0.760 bits per heavy atom. The Morgan fingerprint density at radius 2 is 1.42 bits per heavy atom. The van der Waals surface area contributed by atoms with Crippen LogP contribution in [-0.2, 0) is 71.3 Å². The molecule has 0 aromatic heterocycles. The van der Waals surface area contributed by atoms with Crippen LogP contribution in [0.4, 0.5) is 0 Å². The van der Waals surface area contributed by atoms with E-state index >= 15 is 0 Å². The minimum Gasteiger partial charge on any atom is -0.497 e. The second-order valence-electron chi connectivity index (χ2n) is 12.0. The highest BCUT2D eigenvalue weighted by atomic mass is 16.8. The van der Waals surface area contributed by atoms with Gasteiger partial charge in [-0.3, -0.25) is 24.0 Å². The molecule has 11 unspecified atom stereocenters. The highest BCUT2D eigenvalue weighted by Crippen LogP contribution is 2.61. The second kappa shape index (κ2) is 15.0. The quantitative estimate of drug-likeness (QED) is 0.170. The number of esters is 6. The third kappa shape index (κ3) is 7.84. The number of hydrogen-bond acceptors (Lipinski definition) is 17. The number of rotatable bonds is 12. The molecule has 50 heavy (non-hydrogen) atoms. The van der Waals surface area contributed by atoms with Crippen molar-refractivity contribution >= 4 is 35.8 Å². The molecular formula is C33H38O17. The highest BCUT2D eigenvalue weighted by Gasteiger charge is 2.78. The van der Waals surface area contributed by atoms with Crippen LogP contribution in [0.5, 0.6) is 5.75 Å². The van der Waals surface area contributed by atoms with Gasteiger partial charge in [-0.15, -0.1) is 0 Å². The van der Waals surface area contributed by atoms with E-state index in [4.69, 9.17) is 52.1 Å². The van der Waals surface area contributed by atoms with Gasteiger partial charge < -0.3 is 52.1 Å². The fraction of sp³-hybridized carbons (Fsp3) is 0.576. The largest absolute Gasteiger partial charge is 0.497 e. The van der Waals surface area contributed by atoms with Crippen molar-refractivity contribution in [3.8, 4) is 5.75 Å². The minimum absolute atomic E-state index is 0.223. The number of ether oxygens (including phenoxy) is 11. The van der Waals surface area contributed by atoms with Gasteiger partial charge in [-0.2, -0.15) is 0 Å². The monoisotopic (exact) mass is 706 g/mol. The summed E-state index contributed by atoms with van der Waals surface area (Å²) in [5.41, 5.74) is -1.02. The van der Waals surface area contributed by atoms with E-state index in [2.05, 4.69) is 0 Å². The SMILES string of the molecule is COc1cccc(C(=O)OC2C3C=COC(OC4OC(COC(C)=O)C(OC(C)=O)C(OC(C)=O)C4OC(C)=O)C3C3(COC(C)=O)OC23)c1. The van der Waals surface area contributed by atoms with Crippen LogP contribution < -0.4 is 4.74 Å². The molecule has 1 aromatic rings. The van der Waals surface area contributed by atoms with E-state index in [1.54, 1.807) is 24.3 Å². The lowest BCUT2D eigenvalue weighted by Crippen LogP contribution is -2.64. The van der Waals surface area contributed by atoms with Crippen LogP contribution in [0, 0.1) is 11.8 Å². The Morgan fingerprint density at radius 3 is 2.06 bits per heavy atom. The van der Waals surface area contributed by atoms with E-state index in [0.717, 1.165) is 27.7 Å². The summed E-state index contributed by atoms with van der Waals surface area (Å²) < 4.78 is 62.6. The summed E-state index contributed by atoms with van der Waals surface area (Å²) in [6.45, 7) is 4.94. The van der Waals surface area contributed by atoms with E-state index in [9.17, 15) is 28.8 Å². The lowest BCUT2D eigenvalue weighted by Gasteiger charge is -2.46. The Hall–Kier alpha value is -4.74. The predicted molar refractivity (Wildman–Crippen MR) is 160 cm³/mol. The molecule has 11 atom stereocenters. The van der Waals surface area contributed by atoms with Crippen LogP contribution in [0.1, 0.15) is 45.0 Å². The average molecular weight is 707 g/mol. The molecule has 17 nitrogen and oxygen atoms in total. The van der Waals surface area contributed by atoms with Gasteiger partial charge in [-0.25, -0.2) is 4.79 Å². The summed E-state index contributed by atoms with van der Waals surface area (Å²) >= 11 is 0. The maximum Gasteiger partial charge on any atom is 0.338 e. The molecule has 272 valence electrons. The zero-order valence-electron chi connectivity index (χ0n) is 28.1. The minimum atomic E-state index is -1.59. The first-order chi connectivity index (χ1) is 23.7. The highest BCUT2D eigenvalue weighted by molar-refractivity contribution is 5.90. The lowest BCUT2D eigenvalue weighted by molar-refractivity contribution is -0.346. The van der Waals surface area contributed by atoms with Gasteiger partial charge in [0.2, 0.25) is 12.6 Å². The molecule has 3 fully saturated rings. The van der Waals surface area contributed by atoms with E-state index in [1.807, 2.05) is 0 Å². The van der Waals surface area contributed by atoms with Crippen molar-refractivity contribution in [1.29, 1.82) is 0 Å². The second-order valence-corrected chi connectivity index (χ2v) is 12.0. The smallest absolute Gasteiger partial charge is 0.338 e. The van der Waals surface area contributed by atoms with Crippen molar-refractivity contribution in [1.82, 2.24) is 0 Å². The molecule has 0 radical (unpaired) electrons. The molecule has 3 aliphatic heterocycles. The molecule has 1 aromatic carbocycles. The van der Waals surface area contributed by atoms with Gasteiger partial charge in [-0.05, 0) is 24.3 Å². The van der Waals surface area contributed by atoms with Gasteiger partial charge in [0, 0.05) is 40.5 Å². The third-order valence-corrected chi connectivity index (χ3v) is 8.50. The van der Waals surface area contributed by atoms with Crippen LogP contribution in [0.2, 0.25) is 0 Å². The van der Waals surface area contributed by atoms with Gasteiger partial charge >= 0.3 is 35.8 Å². The van der Waals surface area contributed by atoms with Gasteiger partial charge in [-0.1, -0.05) is 6.07 Å². The summed E-state index contributed by atoms with van der Waals surface area (Å²) in [5, 5.41) is 0. The summed E-state index contributed by atoms with van der Waals surface area (Å²) in [7, 11) is 1.46. The summed E-state index contributed by atoms with van der Waals surface area (Å²) in [6.07, 6.45) is -7.26. The maximum absolute atomic E-state index is 13.3. The zero-order valence-corrected chi connectivity index (χ0v) is 28.1. The van der Waals surface area contributed by atoms with E-state index in [1.165, 1.54) is 26.4 Å². The predicted octanol–water partition coefficient (Wildman–Crippen LogP) is 1.14. The number of fused-ring (bicyclic) bond motifs is 3. The Kier molecular flexibility index (Phi) is 11.0. The number of carbonyl (C=O) groups is 6.